The van der Waals surface area contributed by atoms with Crippen LogP contribution in [0.4, 0.5) is 0 Å². The SMILES string of the molecule is C=C1C(=O)O[C@@H]2[C@@H]1C[C@H]1O[C@]1(COC(C)=O)CC/C=C(\C)[C@@H](O)C/C=C(\C)[C@H]2OC(C)=O. The molecule has 0 saturated carbocycles. The Morgan fingerprint density at radius 2 is 1.94 bits per heavy atom. The Morgan fingerprint density at radius 1 is 1.22 bits per heavy atom. The van der Waals surface area contributed by atoms with Crippen molar-refractivity contribution < 1.29 is 38.4 Å². The molecule has 32 heavy (non-hydrogen) atoms. The van der Waals surface area contributed by atoms with Gasteiger partial charge in [-0.1, -0.05) is 18.7 Å². The average Bonchev–Trinajstić information content (AvgIpc) is 3.33. The quantitative estimate of drug-likeness (QED) is 0.231. The maximum Gasteiger partial charge on any atom is 0.334 e. The second-order valence-corrected chi connectivity index (χ2v) is 8.91. The molecule has 2 fully saturated rings. The van der Waals surface area contributed by atoms with Crippen molar-refractivity contribution in [3.63, 3.8) is 0 Å². The Labute approximate surface area is 188 Å². The second-order valence-electron chi connectivity index (χ2n) is 8.91. The van der Waals surface area contributed by atoms with Crippen LogP contribution in [0.2, 0.25) is 0 Å². The molecule has 176 valence electrons. The van der Waals surface area contributed by atoms with Gasteiger partial charge in [0.05, 0.1) is 12.2 Å². The van der Waals surface area contributed by atoms with Gasteiger partial charge in [-0.05, 0) is 50.7 Å². The molecule has 1 N–H and O–H groups in total. The van der Waals surface area contributed by atoms with Crippen molar-refractivity contribution >= 4 is 17.9 Å². The lowest BCUT2D eigenvalue weighted by Crippen LogP contribution is -2.37. The van der Waals surface area contributed by atoms with E-state index in [2.05, 4.69) is 6.58 Å². The fraction of sp³-hybridized carbons (Fsp3) is 0.625. The third-order valence-corrected chi connectivity index (χ3v) is 6.51. The number of aliphatic hydroxyl groups excluding tert-OH is 1. The van der Waals surface area contributed by atoms with Crippen LogP contribution in [-0.4, -0.2) is 59.6 Å². The molecule has 0 aromatic heterocycles. The molecule has 2 saturated heterocycles. The van der Waals surface area contributed by atoms with Gasteiger partial charge in [0.15, 0.2) is 6.10 Å². The van der Waals surface area contributed by atoms with E-state index in [1.54, 1.807) is 6.92 Å². The maximum atomic E-state index is 12.4. The smallest absolute Gasteiger partial charge is 0.334 e. The molecule has 0 bridgehead atoms. The van der Waals surface area contributed by atoms with Gasteiger partial charge in [-0.2, -0.15) is 0 Å². The van der Waals surface area contributed by atoms with Gasteiger partial charge in [0, 0.05) is 25.3 Å². The van der Waals surface area contributed by atoms with Crippen LogP contribution in [0.3, 0.4) is 0 Å². The number of rotatable bonds is 3. The summed E-state index contributed by atoms with van der Waals surface area (Å²) in [6.07, 6.45) is 3.23. The summed E-state index contributed by atoms with van der Waals surface area (Å²) in [5.41, 5.74) is 1.13. The molecular weight excluding hydrogens is 416 g/mol. The number of ether oxygens (including phenoxy) is 4. The molecule has 3 rings (SSSR count). The van der Waals surface area contributed by atoms with Crippen molar-refractivity contribution in [2.24, 2.45) is 5.92 Å². The first kappa shape index (κ1) is 24.2. The summed E-state index contributed by atoms with van der Waals surface area (Å²) in [4.78, 5) is 35.6. The normalized spacial score (nSPS) is 38.6. The van der Waals surface area contributed by atoms with Gasteiger partial charge in [0.25, 0.3) is 0 Å². The van der Waals surface area contributed by atoms with Crippen LogP contribution in [0.5, 0.6) is 0 Å². The highest BCUT2D eigenvalue weighted by molar-refractivity contribution is 5.91. The molecule has 3 aliphatic rings. The van der Waals surface area contributed by atoms with Crippen LogP contribution in [0, 0.1) is 5.92 Å². The van der Waals surface area contributed by atoms with Crippen molar-refractivity contribution in [1.29, 1.82) is 0 Å². The molecule has 8 heteroatoms. The topological polar surface area (TPSA) is 112 Å². The monoisotopic (exact) mass is 448 g/mol. The van der Waals surface area contributed by atoms with Gasteiger partial charge in [0.1, 0.15) is 18.3 Å². The summed E-state index contributed by atoms with van der Waals surface area (Å²) in [5.74, 6) is -1.85. The number of carbonyl (C=O) groups excluding carboxylic acids is 3. The van der Waals surface area contributed by atoms with E-state index in [0.717, 1.165) is 5.57 Å². The van der Waals surface area contributed by atoms with E-state index in [0.29, 0.717) is 36.8 Å². The highest BCUT2D eigenvalue weighted by atomic mass is 16.6. The van der Waals surface area contributed by atoms with Crippen LogP contribution in [0.25, 0.3) is 0 Å². The van der Waals surface area contributed by atoms with Crippen LogP contribution < -0.4 is 0 Å². The molecule has 0 spiro atoms. The van der Waals surface area contributed by atoms with Crippen LogP contribution in [0.15, 0.2) is 35.5 Å². The fourth-order valence-corrected chi connectivity index (χ4v) is 4.44. The molecule has 1 aliphatic carbocycles. The molecular formula is C24H32O8. The molecule has 0 aromatic carbocycles. The minimum Gasteiger partial charge on any atom is -0.463 e. The number of aliphatic hydroxyl groups is 1. The standard InChI is InChI=1S/C24H32O8/c1-13-7-6-10-24(12-29-16(4)25)20(32-24)11-18-15(3)23(28)31-22(18)21(30-17(5)26)14(2)8-9-19(13)27/h7-8,18-22,27H,3,6,9-12H2,1-2,4-5H3/b13-7+,14-8+/t18-,19+,20-,21-,22-,24+/m1/s1. The summed E-state index contributed by atoms with van der Waals surface area (Å²) in [5, 5.41) is 10.5. The fourth-order valence-electron chi connectivity index (χ4n) is 4.44. The van der Waals surface area contributed by atoms with Gasteiger partial charge >= 0.3 is 17.9 Å². The lowest BCUT2D eigenvalue weighted by molar-refractivity contribution is -0.157. The van der Waals surface area contributed by atoms with Gasteiger partial charge in [-0.3, -0.25) is 9.59 Å². The Morgan fingerprint density at radius 3 is 2.59 bits per heavy atom. The third-order valence-electron chi connectivity index (χ3n) is 6.51. The first-order chi connectivity index (χ1) is 15.0. The van der Waals surface area contributed by atoms with Gasteiger partial charge in [-0.25, -0.2) is 4.79 Å². The maximum absolute atomic E-state index is 12.4. The molecule has 8 nitrogen and oxygen atoms in total. The first-order valence-electron chi connectivity index (χ1n) is 10.9. The molecule has 2 heterocycles. The van der Waals surface area contributed by atoms with Crippen molar-refractivity contribution in [2.75, 3.05) is 6.61 Å². The van der Waals surface area contributed by atoms with E-state index < -0.39 is 47.7 Å². The van der Waals surface area contributed by atoms with Crippen LogP contribution in [-0.2, 0) is 33.3 Å². The lowest BCUT2D eigenvalue weighted by atomic mass is 9.83. The Bertz CT molecular complexity index is 856. The number of hydrogen-bond acceptors (Lipinski definition) is 8. The van der Waals surface area contributed by atoms with E-state index in [9.17, 15) is 19.5 Å². The van der Waals surface area contributed by atoms with E-state index >= 15 is 0 Å². The second kappa shape index (κ2) is 9.58. The van der Waals surface area contributed by atoms with Crippen LogP contribution in [0.1, 0.15) is 53.4 Å². The van der Waals surface area contributed by atoms with Crippen molar-refractivity contribution in [2.45, 2.75) is 83.4 Å². The van der Waals surface area contributed by atoms with Gasteiger partial charge in [-0.15, -0.1) is 0 Å². The highest BCUT2D eigenvalue weighted by Gasteiger charge is 2.59. The molecule has 2 aliphatic heterocycles. The number of carbonyl (C=O) groups is 3. The first-order valence-corrected chi connectivity index (χ1v) is 10.9. The van der Waals surface area contributed by atoms with Crippen molar-refractivity contribution in [3.05, 3.63) is 35.5 Å². The van der Waals surface area contributed by atoms with E-state index in [-0.39, 0.29) is 12.7 Å². The molecule has 0 amide bonds. The summed E-state index contributed by atoms with van der Waals surface area (Å²) in [7, 11) is 0. The molecule has 6 atom stereocenters. The average molecular weight is 449 g/mol. The molecule has 0 aromatic rings. The Kier molecular flexibility index (Phi) is 7.25. The Balaban J connectivity index is 1.95. The zero-order valence-electron chi connectivity index (χ0n) is 19.1. The minimum atomic E-state index is -0.804. The third kappa shape index (κ3) is 5.30. The van der Waals surface area contributed by atoms with Gasteiger partial charge < -0.3 is 24.1 Å². The van der Waals surface area contributed by atoms with Crippen LogP contribution >= 0.6 is 0 Å². The van der Waals surface area contributed by atoms with E-state index in [1.807, 2.05) is 19.1 Å². The van der Waals surface area contributed by atoms with Gasteiger partial charge in [0.2, 0.25) is 0 Å². The van der Waals surface area contributed by atoms with E-state index in [1.165, 1.54) is 13.8 Å². The van der Waals surface area contributed by atoms with E-state index in [4.69, 9.17) is 18.9 Å². The van der Waals surface area contributed by atoms with Crippen molar-refractivity contribution in [1.82, 2.24) is 0 Å². The predicted octanol–water partition coefficient (Wildman–Crippen LogP) is 2.54. The molecule has 0 radical (unpaired) electrons. The number of epoxide rings is 1. The summed E-state index contributed by atoms with van der Waals surface area (Å²) < 4.78 is 22.4. The summed E-state index contributed by atoms with van der Waals surface area (Å²) >= 11 is 0. The largest absolute Gasteiger partial charge is 0.463 e. The number of esters is 3. The predicted molar refractivity (Wildman–Crippen MR) is 114 cm³/mol. The number of fused-ring (bicyclic) bond motifs is 2. The minimum absolute atomic E-state index is 0.105. The summed E-state index contributed by atoms with van der Waals surface area (Å²) in [6, 6.07) is 0. The molecule has 0 unspecified atom stereocenters. The number of hydrogen-bond donors (Lipinski definition) is 1. The Hall–Kier alpha value is -2.45. The number of allylic oxidation sites excluding steroid dienone is 1. The highest BCUT2D eigenvalue weighted by Crippen LogP contribution is 2.48. The zero-order valence-corrected chi connectivity index (χ0v) is 19.1. The van der Waals surface area contributed by atoms with Crippen molar-refractivity contribution in [3.8, 4) is 0 Å². The lowest BCUT2D eigenvalue weighted by Gasteiger charge is -2.28. The zero-order chi connectivity index (χ0) is 23.6. The summed E-state index contributed by atoms with van der Waals surface area (Å²) in [6.45, 7) is 10.3.